The van der Waals surface area contributed by atoms with Gasteiger partial charge in [0, 0.05) is 61.8 Å². The summed E-state index contributed by atoms with van der Waals surface area (Å²) < 4.78 is 13.1. The molecular formula is C56H36N2O2. The standard InChI is InChI=1S/C56H36N2O2/c1-4-15-37(16-5-1)44-21-10-12-24-51(44)58(40-19-8-3-9-20-40)43-29-31-46-50-33-38-27-28-41(34-48(38)47-23-14-26-54(56(47)50)60-55(46)36-43)57(39-17-6-2-7-18-39)42-30-32-53-49(35-42)45-22-11-13-25-52(45)59-53/h1-36H. The Morgan fingerprint density at radius 2 is 0.933 bits per heavy atom. The van der Waals surface area contributed by atoms with Gasteiger partial charge in [0.05, 0.1) is 5.69 Å². The van der Waals surface area contributed by atoms with E-state index in [-0.39, 0.29) is 0 Å². The molecule has 0 bridgehead atoms. The van der Waals surface area contributed by atoms with Crippen LogP contribution in [0.3, 0.4) is 0 Å². The first kappa shape index (κ1) is 34.0. The van der Waals surface area contributed by atoms with Crippen LogP contribution in [0.5, 0.6) is 11.5 Å². The molecule has 0 spiro atoms. The molecule has 0 amide bonds. The van der Waals surface area contributed by atoms with Gasteiger partial charge in [-0.05, 0) is 118 Å². The third-order valence-electron chi connectivity index (χ3n) is 11.8. The minimum absolute atomic E-state index is 0.832. The lowest BCUT2D eigenvalue weighted by Crippen LogP contribution is -2.11. The van der Waals surface area contributed by atoms with E-state index in [1.165, 1.54) is 21.9 Å². The summed E-state index contributed by atoms with van der Waals surface area (Å²) in [6.45, 7) is 0. The lowest BCUT2D eigenvalue weighted by molar-refractivity contribution is 0.487. The van der Waals surface area contributed by atoms with E-state index in [0.29, 0.717) is 0 Å². The zero-order valence-corrected chi connectivity index (χ0v) is 32.5. The summed E-state index contributed by atoms with van der Waals surface area (Å²) >= 11 is 0. The zero-order chi connectivity index (χ0) is 39.6. The molecule has 4 nitrogen and oxygen atoms in total. The van der Waals surface area contributed by atoms with Crippen LogP contribution in [-0.4, -0.2) is 0 Å². The van der Waals surface area contributed by atoms with Gasteiger partial charge in [0.15, 0.2) is 0 Å². The molecule has 2 heterocycles. The van der Waals surface area contributed by atoms with Crippen LogP contribution in [0.15, 0.2) is 223 Å². The van der Waals surface area contributed by atoms with Gasteiger partial charge < -0.3 is 19.0 Å². The summed E-state index contributed by atoms with van der Waals surface area (Å²) in [5.74, 6) is 1.69. The number of fused-ring (bicyclic) bond motifs is 7. The summed E-state index contributed by atoms with van der Waals surface area (Å²) in [4.78, 5) is 4.66. The van der Waals surface area contributed by atoms with E-state index in [1.807, 2.05) is 12.1 Å². The maximum atomic E-state index is 6.91. The first-order chi connectivity index (χ1) is 29.7. The molecule has 0 atom stereocenters. The summed E-state index contributed by atoms with van der Waals surface area (Å²) in [5, 5.41) is 6.82. The van der Waals surface area contributed by atoms with Crippen molar-refractivity contribution in [2.45, 2.75) is 0 Å². The van der Waals surface area contributed by atoms with E-state index < -0.39 is 0 Å². The van der Waals surface area contributed by atoms with E-state index in [0.717, 1.165) is 89.5 Å². The predicted molar refractivity (Wildman–Crippen MR) is 249 cm³/mol. The average Bonchev–Trinajstić information content (AvgIpc) is 3.69. The normalized spacial score (nSPS) is 11.8. The molecule has 0 fully saturated rings. The van der Waals surface area contributed by atoms with Crippen molar-refractivity contribution in [3.8, 4) is 33.8 Å². The van der Waals surface area contributed by atoms with Gasteiger partial charge in [-0.25, -0.2) is 0 Å². The second kappa shape index (κ2) is 13.8. The molecule has 12 rings (SSSR count). The summed E-state index contributed by atoms with van der Waals surface area (Å²) in [6.07, 6.45) is 0. The highest BCUT2D eigenvalue weighted by atomic mass is 16.5. The van der Waals surface area contributed by atoms with Crippen LogP contribution in [0, 0.1) is 0 Å². The molecule has 1 aliphatic rings. The molecule has 0 saturated carbocycles. The van der Waals surface area contributed by atoms with Crippen molar-refractivity contribution < 1.29 is 9.15 Å². The Labute approximate surface area is 347 Å². The highest BCUT2D eigenvalue weighted by Crippen LogP contribution is 2.52. The number of hydrogen-bond donors (Lipinski definition) is 0. The number of para-hydroxylation sites is 4. The predicted octanol–water partition coefficient (Wildman–Crippen LogP) is 16.3. The van der Waals surface area contributed by atoms with Crippen LogP contribution in [0.25, 0.3) is 65.7 Å². The maximum absolute atomic E-state index is 6.91. The summed E-state index contributed by atoms with van der Waals surface area (Å²) in [6, 6.07) is 77.3. The number of furan rings is 1. The Hall–Kier alpha value is -8.08. The van der Waals surface area contributed by atoms with E-state index in [4.69, 9.17) is 9.15 Å². The number of nitrogens with zero attached hydrogens (tertiary/aromatic N) is 2. The van der Waals surface area contributed by atoms with Gasteiger partial charge in [-0.15, -0.1) is 0 Å². The summed E-state index contributed by atoms with van der Waals surface area (Å²) in [5.41, 5.74) is 12.7. The van der Waals surface area contributed by atoms with Crippen LogP contribution in [-0.2, 0) is 0 Å². The lowest BCUT2D eigenvalue weighted by atomic mass is 9.90. The third-order valence-corrected chi connectivity index (χ3v) is 11.8. The maximum Gasteiger partial charge on any atom is 0.137 e. The Morgan fingerprint density at radius 3 is 1.75 bits per heavy atom. The van der Waals surface area contributed by atoms with Gasteiger partial charge >= 0.3 is 0 Å². The fraction of sp³-hybridized carbons (Fsp3) is 0. The Balaban J connectivity index is 0.996. The molecule has 0 radical (unpaired) electrons. The molecule has 4 heteroatoms. The lowest BCUT2D eigenvalue weighted by Gasteiger charge is -2.30. The Morgan fingerprint density at radius 1 is 0.317 bits per heavy atom. The topological polar surface area (TPSA) is 28.9 Å². The molecule has 0 aliphatic carbocycles. The van der Waals surface area contributed by atoms with Gasteiger partial charge in [0.2, 0.25) is 0 Å². The van der Waals surface area contributed by atoms with Gasteiger partial charge in [-0.1, -0.05) is 121 Å². The molecule has 0 saturated heterocycles. The first-order valence-corrected chi connectivity index (χ1v) is 20.3. The molecule has 1 aliphatic heterocycles. The Bertz CT molecular complexity index is 3410. The van der Waals surface area contributed by atoms with E-state index in [1.54, 1.807) is 0 Å². The number of ether oxygens (including phenoxy) is 1. The molecule has 0 N–H and O–H groups in total. The van der Waals surface area contributed by atoms with Gasteiger partial charge in [0.1, 0.15) is 22.7 Å². The van der Waals surface area contributed by atoms with Crippen LogP contribution in [0.2, 0.25) is 0 Å². The minimum atomic E-state index is 0.832. The van der Waals surface area contributed by atoms with Crippen molar-refractivity contribution in [3.63, 3.8) is 0 Å². The van der Waals surface area contributed by atoms with Gasteiger partial charge in [-0.2, -0.15) is 0 Å². The SMILES string of the molecule is c1ccc(-c2ccccc2N(c2ccccc2)c2ccc3c(c2)Oc2cccc4c2c-3cc2ccc(N(c3ccccc3)c3ccc5oc6ccccc6c5c3)cc24)cc1. The minimum Gasteiger partial charge on any atom is -0.456 e. The third kappa shape index (κ3) is 5.53. The molecule has 282 valence electrons. The van der Waals surface area contributed by atoms with Crippen LogP contribution < -0.4 is 14.5 Å². The largest absolute Gasteiger partial charge is 0.456 e. The molecule has 10 aromatic carbocycles. The average molecular weight is 769 g/mol. The van der Waals surface area contributed by atoms with Gasteiger partial charge in [-0.3, -0.25) is 0 Å². The van der Waals surface area contributed by atoms with Crippen molar-refractivity contribution >= 4 is 77.6 Å². The zero-order valence-electron chi connectivity index (χ0n) is 32.5. The number of anilines is 6. The van der Waals surface area contributed by atoms with Gasteiger partial charge in [0.25, 0.3) is 0 Å². The monoisotopic (exact) mass is 768 g/mol. The van der Waals surface area contributed by atoms with E-state index in [2.05, 4.69) is 216 Å². The number of rotatable bonds is 7. The fourth-order valence-corrected chi connectivity index (χ4v) is 9.09. The van der Waals surface area contributed by atoms with Crippen molar-refractivity contribution in [1.29, 1.82) is 0 Å². The molecule has 0 unspecified atom stereocenters. The van der Waals surface area contributed by atoms with E-state index >= 15 is 0 Å². The second-order valence-corrected chi connectivity index (χ2v) is 15.3. The summed E-state index contributed by atoms with van der Waals surface area (Å²) in [7, 11) is 0. The van der Waals surface area contributed by atoms with Crippen LogP contribution in [0.1, 0.15) is 0 Å². The fourth-order valence-electron chi connectivity index (χ4n) is 9.09. The number of benzene rings is 10. The van der Waals surface area contributed by atoms with Crippen LogP contribution in [0.4, 0.5) is 34.1 Å². The highest BCUT2D eigenvalue weighted by molar-refractivity contribution is 6.18. The first-order valence-electron chi connectivity index (χ1n) is 20.3. The quantitative estimate of drug-likeness (QED) is 0.151. The molecule has 11 aromatic rings. The van der Waals surface area contributed by atoms with E-state index in [9.17, 15) is 0 Å². The molecule has 1 aromatic heterocycles. The molecule has 60 heavy (non-hydrogen) atoms. The highest BCUT2D eigenvalue weighted by Gasteiger charge is 2.25. The van der Waals surface area contributed by atoms with Crippen molar-refractivity contribution in [1.82, 2.24) is 0 Å². The van der Waals surface area contributed by atoms with Crippen molar-refractivity contribution in [2.24, 2.45) is 0 Å². The Kier molecular flexibility index (Phi) is 7.82. The molecular weight excluding hydrogens is 733 g/mol. The van der Waals surface area contributed by atoms with Crippen molar-refractivity contribution in [2.75, 3.05) is 9.80 Å². The van der Waals surface area contributed by atoms with Crippen molar-refractivity contribution in [3.05, 3.63) is 218 Å². The second-order valence-electron chi connectivity index (χ2n) is 15.3. The number of hydrogen-bond acceptors (Lipinski definition) is 4. The smallest absolute Gasteiger partial charge is 0.137 e. The van der Waals surface area contributed by atoms with Crippen LogP contribution >= 0.6 is 0 Å².